The van der Waals surface area contributed by atoms with Crippen LogP contribution in [0.5, 0.6) is 0 Å². The predicted molar refractivity (Wildman–Crippen MR) is 112 cm³/mol. The number of rotatable bonds is 3. The number of halogens is 4. The van der Waals surface area contributed by atoms with Gasteiger partial charge in [-0.1, -0.05) is 11.6 Å². The summed E-state index contributed by atoms with van der Waals surface area (Å²) in [5.74, 6) is 1.14. The highest BCUT2D eigenvalue weighted by molar-refractivity contribution is 6.33. The van der Waals surface area contributed by atoms with E-state index in [0.29, 0.717) is 37.8 Å². The summed E-state index contributed by atoms with van der Waals surface area (Å²) < 4.78 is 40.3. The lowest BCUT2D eigenvalue weighted by molar-refractivity contribution is -0.137. The molecule has 1 fully saturated rings. The van der Waals surface area contributed by atoms with Gasteiger partial charge in [0.1, 0.15) is 23.8 Å². The van der Waals surface area contributed by atoms with Crippen molar-refractivity contribution in [3.8, 4) is 18.0 Å². The quantitative estimate of drug-likeness (QED) is 0.591. The van der Waals surface area contributed by atoms with Crippen molar-refractivity contribution in [3.05, 3.63) is 64.6 Å². The van der Waals surface area contributed by atoms with Crippen molar-refractivity contribution >= 4 is 23.2 Å². The highest BCUT2D eigenvalue weighted by Crippen LogP contribution is 2.34. The molecule has 0 radical (unpaired) electrons. The Hall–Kier alpha value is -3.76. The fourth-order valence-corrected chi connectivity index (χ4v) is 3.81. The zero-order chi connectivity index (χ0) is 22.9. The molecule has 0 amide bonds. The molecule has 0 atom stereocenters. The molecular weight excluding hydrogens is 443 g/mol. The van der Waals surface area contributed by atoms with E-state index in [1.807, 2.05) is 4.90 Å². The Morgan fingerprint density at radius 3 is 1.97 bits per heavy atom. The average molecular weight is 458 g/mol. The molecule has 4 rings (SSSR count). The van der Waals surface area contributed by atoms with E-state index in [0.717, 1.165) is 12.3 Å². The topological polar surface area (TPSA) is 84.8 Å². The molecule has 0 N–H and O–H groups in total. The van der Waals surface area contributed by atoms with E-state index in [9.17, 15) is 23.7 Å². The molecule has 1 saturated heterocycles. The molecule has 0 aromatic carbocycles. The smallest absolute Gasteiger partial charge is 0.352 e. The molecule has 3 aromatic heterocycles. The van der Waals surface area contributed by atoms with Crippen LogP contribution in [0, 0.1) is 22.7 Å². The lowest BCUT2D eigenvalue weighted by Gasteiger charge is -2.36. The Morgan fingerprint density at radius 2 is 1.44 bits per heavy atom. The van der Waals surface area contributed by atoms with Crippen LogP contribution >= 0.6 is 11.6 Å². The Labute approximate surface area is 186 Å². The van der Waals surface area contributed by atoms with E-state index in [4.69, 9.17) is 11.6 Å². The molecule has 1 aliphatic rings. The Bertz CT molecular complexity index is 1220. The van der Waals surface area contributed by atoms with Crippen LogP contribution in [0.15, 0.2) is 42.9 Å². The van der Waals surface area contributed by atoms with Gasteiger partial charge in [-0.3, -0.25) is 0 Å². The van der Waals surface area contributed by atoms with Crippen molar-refractivity contribution in [2.24, 2.45) is 0 Å². The minimum absolute atomic E-state index is 0.0719. The summed E-state index contributed by atoms with van der Waals surface area (Å²) in [6.45, 7) is 1.72. The first kappa shape index (κ1) is 21.5. The van der Waals surface area contributed by atoms with E-state index < -0.39 is 11.7 Å². The predicted octanol–water partition coefficient (Wildman–Crippen LogP) is 4.01. The van der Waals surface area contributed by atoms with Crippen molar-refractivity contribution in [3.63, 3.8) is 0 Å². The standard InChI is InChI=1S/C21H15ClF3N7/c22-17-10-16(21(23,24)25)13-28-20(17)32-7-5-31(6-8-32)19-15(12-27)9-14(11-26)18(29-19)30-3-1-2-4-30/h1-4,9-10,13H,5-8H2. The fraction of sp³-hybridized carbons (Fsp3) is 0.238. The minimum atomic E-state index is -4.51. The largest absolute Gasteiger partial charge is 0.417 e. The Kier molecular flexibility index (Phi) is 5.64. The van der Waals surface area contributed by atoms with E-state index >= 15 is 0 Å². The molecule has 162 valence electrons. The van der Waals surface area contributed by atoms with Gasteiger partial charge in [0.05, 0.1) is 21.7 Å². The normalized spacial score (nSPS) is 14.2. The number of nitrogens with zero attached hydrogens (tertiary/aromatic N) is 7. The summed E-state index contributed by atoms with van der Waals surface area (Å²) in [5, 5.41) is 19.0. The summed E-state index contributed by atoms with van der Waals surface area (Å²) in [4.78, 5) is 12.2. The molecular formula is C21H15ClF3N7. The first-order chi connectivity index (χ1) is 15.3. The Balaban J connectivity index is 1.58. The molecule has 11 heteroatoms. The van der Waals surface area contributed by atoms with E-state index in [2.05, 4.69) is 22.1 Å². The van der Waals surface area contributed by atoms with Crippen LogP contribution in [0.25, 0.3) is 5.82 Å². The van der Waals surface area contributed by atoms with Crippen molar-refractivity contribution in [2.75, 3.05) is 36.0 Å². The van der Waals surface area contributed by atoms with Crippen LogP contribution in [-0.2, 0) is 6.18 Å². The summed E-state index contributed by atoms with van der Waals surface area (Å²) in [5.41, 5.74) is -0.347. The number of nitriles is 2. The monoisotopic (exact) mass is 457 g/mol. The van der Waals surface area contributed by atoms with Gasteiger partial charge in [-0.25, -0.2) is 9.97 Å². The lowest BCUT2D eigenvalue weighted by Crippen LogP contribution is -2.47. The maximum Gasteiger partial charge on any atom is 0.417 e. The highest BCUT2D eigenvalue weighted by Gasteiger charge is 2.32. The van der Waals surface area contributed by atoms with Crippen LogP contribution in [0.3, 0.4) is 0 Å². The molecule has 0 unspecified atom stereocenters. The van der Waals surface area contributed by atoms with Crippen LogP contribution in [0.4, 0.5) is 24.8 Å². The third-order valence-corrected chi connectivity index (χ3v) is 5.38. The number of pyridine rings is 2. The molecule has 32 heavy (non-hydrogen) atoms. The lowest BCUT2D eigenvalue weighted by atomic mass is 10.1. The molecule has 3 aromatic rings. The van der Waals surface area contributed by atoms with Crippen molar-refractivity contribution in [2.45, 2.75) is 6.18 Å². The molecule has 1 aliphatic heterocycles. The van der Waals surface area contributed by atoms with Gasteiger partial charge in [0.25, 0.3) is 0 Å². The third kappa shape index (κ3) is 4.05. The summed E-state index contributed by atoms with van der Waals surface area (Å²) >= 11 is 6.07. The van der Waals surface area contributed by atoms with E-state index in [1.54, 1.807) is 34.0 Å². The summed E-state index contributed by atoms with van der Waals surface area (Å²) in [6, 6.07) is 10.2. The van der Waals surface area contributed by atoms with Gasteiger partial charge in [-0.15, -0.1) is 0 Å². The third-order valence-electron chi connectivity index (χ3n) is 5.10. The minimum Gasteiger partial charge on any atom is -0.352 e. The maximum atomic E-state index is 12.9. The van der Waals surface area contributed by atoms with Crippen LogP contribution < -0.4 is 9.80 Å². The first-order valence-corrected chi connectivity index (χ1v) is 9.91. The first-order valence-electron chi connectivity index (χ1n) is 9.53. The molecule has 0 bridgehead atoms. The number of hydrogen-bond donors (Lipinski definition) is 0. The molecule has 0 saturated carbocycles. The highest BCUT2D eigenvalue weighted by atomic mass is 35.5. The zero-order valence-corrected chi connectivity index (χ0v) is 17.3. The summed E-state index contributed by atoms with van der Waals surface area (Å²) in [7, 11) is 0. The van der Waals surface area contributed by atoms with Gasteiger partial charge in [0.15, 0.2) is 5.82 Å². The Morgan fingerprint density at radius 1 is 0.875 bits per heavy atom. The average Bonchev–Trinajstić information content (AvgIpc) is 3.32. The molecule has 4 heterocycles. The van der Waals surface area contributed by atoms with Crippen molar-refractivity contribution in [1.29, 1.82) is 10.5 Å². The van der Waals surface area contributed by atoms with Crippen LogP contribution in [-0.4, -0.2) is 40.7 Å². The number of aromatic nitrogens is 3. The van der Waals surface area contributed by atoms with Crippen LogP contribution in [0.2, 0.25) is 5.02 Å². The van der Waals surface area contributed by atoms with Crippen LogP contribution in [0.1, 0.15) is 16.7 Å². The second kappa shape index (κ2) is 8.40. The molecule has 0 spiro atoms. The number of anilines is 2. The van der Waals surface area contributed by atoms with E-state index in [-0.39, 0.29) is 22.0 Å². The van der Waals surface area contributed by atoms with Gasteiger partial charge >= 0.3 is 6.18 Å². The number of piperazine rings is 1. The van der Waals surface area contributed by atoms with Crippen molar-refractivity contribution in [1.82, 2.24) is 14.5 Å². The van der Waals surface area contributed by atoms with E-state index in [1.165, 1.54) is 6.07 Å². The van der Waals surface area contributed by atoms with Crippen molar-refractivity contribution < 1.29 is 13.2 Å². The maximum absolute atomic E-state index is 12.9. The SMILES string of the molecule is N#Cc1cc(C#N)c(-n2cccc2)nc1N1CCN(c2ncc(C(F)(F)F)cc2Cl)CC1. The zero-order valence-electron chi connectivity index (χ0n) is 16.5. The van der Waals surface area contributed by atoms with Gasteiger partial charge in [0, 0.05) is 44.8 Å². The van der Waals surface area contributed by atoms with Gasteiger partial charge in [-0.05, 0) is 24.3 Å². The molecule has 7 nitrogen and oxygen atoms in total. The number of hydrogen-bond acceptors (Lipinski definition) is 6. The summed E-state index contributed by atoms with van der Waals surface area (Å²) in [6.07, 6.45) is -0.225. The fourth-order valence-electron chi connectivity index (χ4n) is 3.52. The second-order valence-electron chi connectivity index (χ2n) is 7.05. The van der Waals surface area contributed by atoms with Gasteiger partial charge in [-0.2, -0.15) is 23.7 Å². The van der Waals surface area contributed by atoms with Gasteiger partial charge < -0.3 is 14.4 Å². The van der Waals surface area contributed by atoms with Gasteiger partial charge in [0.2, 0.25) is 0 Å². The second-order valence-corrected chi connectivity index (χ2v) is 7.45. The number of alkyl halides is 3. The molecule has 0 aliphatic carbocycles.